The number of ether oxygens (including phenoxy) is 1. The average molecular weight is 227 g/mol. The summed E-state index contributed by atoms with van der Waals surface area (Å²) in [5.74, 6) is 0.707. The summed E-state index contributed by atoms with van der Waals surface area (Å²) in [4.78, 5) is 13.6. The molecule has 0 unspecified atom stereocenters. The molecule has 1 heterocycles. The highest BCUT2D eigenvalue weighted by Crippen LogP contribution is 2.33. The zero-order chi connectivity index (χ0) is 11.5. The molecule has 4 nitrogen and oxygen atoms in total. The molecule has 2 fully saturated rings. The van der Waals surface area contributed by atoms with E-state index in [1.54, 1.807) is 4.90 Å². The average Bonchev–Trinajstić information content (AvgIpc) is 2.61. The Morgan fingerprint density at radius 1 is 1.50 bits per heavy atom. The van der Waals surface area contributed by atoms with Crippen molar-refractivity contribution in [1.82, 2.24) is 4.90 Å². The van der Waals surface area contributed by atoms with E-state index in [2.05, 4.69) is 0 Å². The molecular weight excluding hydrogens is 206 g/mol. The lowest BCUT2D eigenvalue weighted by atomic mass is 9.80. The second-order valence-electron chi connectivity index (χ2n) is 4.90. The summed E-state index contributed by atoms with van der Waals surface area (Å²) in [6.45, 7) is 4.02. The number of nitrogens with zero attached hydrogens (tertiary/aromatic N) is 1. The Bertz CT molecular complexity index is 251. The SMILES string of the molecule is CCOC1CC(CC(=O)N2CC[C@@H](O)C2)C1. The van der Waals surface area contributed by atoms with Gasteiger partial charge in [0.2, 0.25) is 5.91 Å². The highest BCUT2D eigenvalue weighted by molar-refractivity contribution is 5.76. The summed E-state index contributed by atoms with van der Waals surface area (Å²) in [7, 11) is 0. The van der Waals surface area contributed by atoms with E-state index in [0.29, 0.717) is 25.0 Å². The first-order chi connectivity index (χ1) is 7.69. The number of carbonyl (C=O) groups is 1. The third-order valence-electron chi connectivity index (χ3n) is 3.57. The van der Waals surface area contributed by atoms with E-state index in [0.717, 1.165) is 32.4 Å². The van der Waals surface area contributed by atoms with Gasteiger partial charge in [0.15, 0.2) is 0 Å². The lowest BCUT2D eigenvalue weighted by molar-refractivity contribution is -0.133. The molecule has 0 aromatic rings. The number of hydrogen-bond acceptors (Lipinski definition) is 3. The van der Waals surface area contributed by atoms with Crippen molar-refractivity contribution in [2.75, 3.05) is 19.7 Å². The minimum absolute atomic E-state index is 0.205. The first-order valence-corrected chi connectivity index (χ1v) is 6.26. The molecule has 1 saturated heterocycles. The number of rotatable bonds is 4. The standard InChI is InChI=1S/C12H21NO3/c1-2-16-11-5-9(6-11)7-12(15)13-4-3-10(14)8-13/h9-11,14H,2-8H2,1H3/t9?,10-,11?/m1/s1. The summed E-state index contributed by atoms with van der Waals surface area (Å²) in [5.41, 5.74) is 0. The molecule has 1 atom stereocenters. The molecule has 1 aliphatic carbocycles. The molecule has 0 aromatic carbocycles. The molecule has 0 aromatic heterocycles. The lowest BCUT2D eigenvalue weighted by Gasteiger charge is -2.35. The van der Waals surface area contributed by atoms with E-state index < -0.39 is 0 Å². The monoisotopic (exact) mass is 227 g/mol. The first-order valence-electron chi connectivity index (χ1n) is 6.26. The van der Waals surface area contributed by atoms with Gasteiger partial charge in [-0.05, 0) is 32.1 Å². The van der Waals surface area contributed by atoms with Gasteiger partial charge in [-0.25, -0.2) is 0 Å². The van der Waals surface area contributed by atoms with Gasteiger partial charge in [0, 0.05) is 26.1 Å². The zero-order valence-corrected chi connectivity index (χ0v) is 9.89. The van der Waals surface area contributed by atoms with Crippen molar-refractivity contribution < 1.29 is 14.6 Å². The molecule has 0 spiro atoms. The van der Waals surface area contributed by atoms with Gasteiger partial charge in [-0.3, -0.25) is 4.79 Å². The van der Waals surface area contributed by atoms with Crippen LogP contribution in [0.1, 0.15) is 32.6 Å². The maximum atomic E-state index is 11.8. The third kappa shape index (κ3) is 2.74. The van der Waals surface area contributed by atoms with Crippen molar-refractivity contribution in [3.8, 4) is 0 Å². The van der Waals surface area contributed by atoms with Gasteiger partial charge in [-0.1, -0.05) is 0 Å². The van der Waals surface area contributed by atoms with Crippen LogP contribution in [0.25, 0.3) is 0 Å². The summed E-state index contributed by atoms with van der Waals surface area (Å²) in [6, 6.07) is 0. The summed E-state index contributed by atoms with van der Waals surface area (Å²) in [6.07, 6.45) is 3.49. The van der Waals surface area contributed by atoms with Crippen molar-refractivity contribution in [3.05, 3.63) is 0 Å². The van der Waals surface area contributed by atoms with E-state index in [-0.39, 0.29) is 12.0 Å². The van der Waals surface area contributed by atoms with Gasteiger partial charge >= 0.3 is 0 Å². The molecule has 4 heteroatoms. The largest absolute Gasteiger partial charge is 0.391 e. The van der Waals surface area contributed by atoms with Crippen LogP contribution in [0.3, 0.4) is 0 Å². The molecule has 2 rings (SSSR count). The molecule has 0 bridgehead atoms. The van der Waals surface area contributed by atoms with Gasteiger partial charge < -0.3 is 14.7 Å². The van der Waals surface area contributed by atoms with Crippen LogP contribution in [0.2, 0.25) is 0 Å². The predicted octanol–water partition coefficient (Wildman–Crippen LogP) is 0.785. The molecule has 0 radical (unpaired) electrons. The fraction of sp³-hybridized carbons (Fsp3) is 0.917. The Morgan fingerprint density at radius 2 is 2.25 bits per heavy atom. The topological polar surface area (TPSA) is 49.8 Å². The molecule has 1 aliphatic heterocycles. The van der Waals surface area contributed by atoms with Crippen LogP contribution in [0.15, 0.2) is 0 Å². The number of hydrogen-bond donors (Lipinski definition) is 1. The molecule has 16 heavy (non-hydrogen) atoms. The summed E-state index contributed by atoms with van der Waals surface area (Å²) >= 11 is 0. The Kier molecular flexibility index (Phi) is 3.82. The third-order valence-corrected chi connectivity index (χ3v) is 3.57. The molecule has 92 valence electrons. The Morgan fingerprint density at radius 3 is 2.81 bits per heavy atom. The van der Waals surface area contributed by atoms with E-state index in [4.69, 9.17) is 4.74 Å². The van der Waals surface area contributed by atoms with Crippen molar-refractivity contribution >= 4 is 5.91 Å². The normalized spacial score (nSPS) is 33.9. The van der Waals surface area contributed by atoms with E-state index in [1.165, 1.54) is 0 Å². The van der Waals surface area contributed by atoms with Crippen LogP contribution < -0.4 is 0 Å². The van der Waals surface area contributed by atoms with Crippen molar-refractivity contribution in [2.24, 2.45) is 5.92 Å². The van der Waals surface area contributed by atoms with Gasteiger partial charge in [0.25, 0.3) is 0 Å². The van der Waals surface area contributed by atoms with E-state index in [9.17, 15) is 9.90 Å². The first kappa shape index (κ1) is 11.9. The smallest absolute Gasteiger partial charge is 0.222 e. The van der Waals surface area contributed by atoms with Crippen molar-refractivity contribution in [3.63, 3.8) is 0 Å². The van der Waals surface area contributed by atoms with Crippen LogP contribution in [0, 0.1) is 5.92 Å². The van der Waals surface area contributed by atoms with Crippen LogP contribution >= 0.6 is 0 Å². The zero-order valence-electron chi connectivity index (χ0n) is 9.89. The maximum Gasteiger partial charge on any atom is 0.222 e. The summed E-state index contributed by atoms with van der Waals surface area (Å²) in [5, 5.41) is 9.35. The van der Waals surface area contributed by atoms with Crippen molar-refractivity contribution in [1.29, 1.82) is 0 Å². The summed E-state index contributed by atoms with van der Waals surface area (Å²) < 4.78 is 5.47. The van der Waals surface area contributed by atoms with Gasteiger partial charge in [0.05, 0.1) is 12.2 Å². The van der Waals surface area contributed by atoms with Crippen molar-refractivity contribution in [2.45, 2.75) is 44.8 Å². The second-order valence-corrected chi connectivity index (χ2v) is 4.90. The quantitative estimate of drug-likeness (QED) is 0.772. The number of β-amino-alcohol motifs (C(OH)–C–C–N with tert-alkyl or cyclic N) is 1. The van der Waals surface area contributed by atoms with Crippen LogP contribution in [-0.4, -0.2) is 47.8 Å². The minimum atomic E-state index is -0.304. The second kappa shape index (κ2) is 5.15. The van der Waals surface area contributed by atoms with Crippen LogP contribution in [-0.2, 0) is 9.53 Å². The molecular formula is C12H21NO3. The number of aliphatic hydroxyl groups is 1. The highest BCUT2D eigenvalue weighted by Gasteiger charge is 2.33. The van der Waals surface area contributed by atoms with E-state index in [1.807, 2.05) is 6.92 Å². The Hall–Kier alpha value is -0.610. The fourth-order valence-electron chi connectivity index (χ4n) is 2.56. The van der Waals surface area contributed by atoms with Crippen LogP contribution in [0.5, 0.6) is 0 Å². The number of likely N-dealkylation sites (tertiary alicyclic amines) is 1. The molecule has 1 amide bonds. The van der Waals surface area contributed by atoms with Crippen LogP contribution in [0.4, 0.5) is 0 Å². The fourth-order valence-corrected chi connectivity index (χ4v) is 2.56. The molecule has 1 saturated carbocycles. The number of carbonyl (C=O) groups excluding carboxylic acids is 1. The van der Waals surface area contributed by atoms with Gasteiger partial charge in [-0.15, -0.1) is 0 Å². The maximum absolute atomic E-state index is 11.8. The predicted molar refractivity (Wildman–Crippen MR) is 60.0 cm³/mol. The number of aliphatic hydroxyl groups excluding tert-OH is 1. The lowest BCUT2D eigenvalue weighted by Crippen LogP contribution is -2.37. The Labute approximate surface area is 96.6 Å². The van der Waals surface area contributed by atoms with Gasteiger partial charge in [0.1, 0.15) is 0 Å². The number of amides is 1. The minimum Gasteiger partial charge on any atom is -0.391 e. The molecule has 1 N–H and O–H groups in total. The van der Waals surface area contributed by atoms with E-state index >= 15 is 0 Å². The van der Waals surface area contributed by atoms with Gasteiger partial charge in [-0.2, -0.15) is 0 Å². The highest BCUT2D eigenvalue weighted by atomic mass is 16.5. The molecule has 2 aliphatic rings. The Balaban J connectivity index is 1.65.